The Morgan fingerprint density at radius 3 is 2.64 bits per heavy atom. The summed E-state index contributed by atoms with van der Waals surface area (Å²) >= 11 is 2.90. The molecule has 1 heterocycles. The van der Waals surface area contributed by atoms with Gasteiger partial charge in [-0.2, -0.15) is 0 Å². The van der Waals surface area contributed by atoms with Gasteiger partial charge in [-0.25, -0.2) is 2.51 Å². The van der Waals surface area contributed by atoms with Crippen LogP contribution in [0, 0.1) is 0 Å². The SMILES string of the molecule is CN1CCC(OSOI)CC1. The van der Waals surface area contributed by atoms with E-state index in [1.54, 1.807) is 0 Å². The zero-order chi connectivity index (χ0) is 8.10. The molecule has 0 aromatic carbocycles. The summed E-state index contributed by atoms with van der Waals surface area (Å²) in [5.74, 6) is 0. The summed E-state index contributed by atoms with van der Waals surface area (Å²) in [5, 5.41) is 0. The van der Waals surface area contributed by atoms with Crippen LogP contribution in [-0.4, -0.2) is 31.1 Å². The summed E-state index contributed by atoms with van der Waals surface area (Å²) < 4.78 is 10.1. The van der Waals surface area contributed by atoms with Crippen LogP contribution in [0.3, 0.4) is 0 Å². The van der Waals surface area contributed by atoms with Crippen molar-refractivity contribution in [3.8, 4) is 0 Å². The normalized spacial score (nSPS) is 22.4. The Morgan fingerprint density at radius 1 is 1.45 bits per heavy atom. The van der Waals surface area contributed by atoms with Crippen molar-refractivity contribution in [2.75, 3.05) is 20.1 Å². The summed E-state index contributed by atoms with van der Waals surface area (Å²) in [6.45, 7) is 2.26. The van der Waals surface area contributed by atoms with Crippen molar-refractivity contribution in [3.63, 3.8) is 0 Å². The van der Waals surface area contributed by atoms with Crippen molar-refractivity contribution in [1.29, 1.82) is 0 Å². The summed E-state index contributed by atoms with van der Waals surface area (Å²) in [4.78, 5) is 2.31. The van der Waals surface area contributed by atoms with Crippen molar-refractivity contribution in [3.05, 3.63) is 0 Å². The highest BCUT2D eigenvalue weighted by Crippen LogP contribution is 2.19. The van der Waals surface area contributed by atoms with Gasteiger partial charge in [0.2, 0.25) is 0 Å². The van der Waals surface area contributed by atoms with Gasteiger partial charge in [0.1, 0.15) is 23.0 Å². The van der Waals surface area contributed by atoms with Crippen LogP contribution in [-0.2, 0) is 6.70 Å². The van der Waals surface area contributed by atoms with Crippen molar-refractivity contribution in [2.45, 2.75) is 18.9 Å². The van der Waals surface area contributed by atoms with Gasteiger partial charge in [-0.05, 0) is 19.9 Å². The molecule has 0 aromatic rings. The summed E-state index contributed by atoms with van der Waals surface area (Å²) in [7, 11) is 2.14. The van der Waals surface area contributed by atoms with Gasteiger partial charge in [0.05, 0.1) is 6.10 Å². The topological polar surface area (TPSA) is 21.7 Å². The van der Waals surface area contributed by atoms with Crippen LogP contribution in [0.2, 0.25) is 0 Å². The number of hydrogen-bond acceptors (Lipinski definition) is 4. The minimum atomic E-state index is 0.381. The molecule has 0 saturated carbocycles. The molecule has 1 fully saturated rings. The zero-order valence-corrected chi connectivity index (χ0v) is 9.43. The third-order valence-electron chi connectivity index (χ3n) is 1.87. The average Bonchev–Trinajstić information content (AvgIpc) is 2.04. The predicted octanol–water partition coefficient (Wildman–Crippen LogP) is 2.03. The smallest absolute Gasteiger partial charge is 0.169 e. The second-order valence-electron chi connectivity index (χ2n) is 2.73. The van der Waals surface area contributed by atoms with Crippen LogP contribution >= 0.6 is 35.3 Å². The lowest BCUT2D eigenvalue weighted by Gasteiger charge is -2.27. The van der Waals surface area contributed by atoms with E-state index in [1.165, 1.54) is 0 Å². The lowest BCUT2D eigenvalue weighted by molar-refractivity contribution is 0.130. The van der Waals surface area contributed by atoms with E-state index in [1.807, 2.05) is 23.0 Å². The fourth-order valence-electron chi connectivity index (χ4n) is 1.15. The predicted molar refractivity (Wildman–Crippen MR) is 54.3 cm³/mol. The van der Waals surface area contributed by atoms with Crippen LogP contribution in [0.1, 0.15) is 12.8 Å². The first-order valence-electron chi connectivity index (χ1n) is 3.62. The van der Waals surface area contributed by atoms with Gasteiger partial charge in [-0.3, -0.25) is 4.18 Å². The van der Waals surface area contributed by atoms with E-state index in [9.17, 15) is 0 Å². The maximum absolute atomic E-state index is 5.34. The third kappa shape index (κ3) is 3.93. The fraction of sp³-hybridized carbons (Fsp3) is 1.00. The van der Waals surface area contributed by atoms with E-state index in [-0.39, 0.29) is 0 Å². The van der Waals surface area contributed by atoms with Crippen molar-refractivity contribution in [2.24, 2.45) is 0 Å². The van der Waals surface area contributed by atoms with E-state index < -0.39 is 0 Å². The van der Waals surface area contributed by atoms with E-state index in [2.05, 4.69) is 11.9 Å². The van der Waals surface area contributed by atoms with E-state index in [0.29, 0.717) is 6.10 Å². The molecule has 11 heavy (non-hydrogen) atoms. The Morgan fingerprint density at radius 2 is 2.09 bits per heavy atom. The first-order valence-corrected chi connectivity index (χ1v) is 5.17. The molecule has 66 valence electrons. The largest absolute Gasteiger partial charge is 0.306 e. The molecule has 0 aliphatic carbocycles. The molecule has 0 atom stereocenters. The lowest BCUT2D eigenvalue weighted by atomic mass is 10.1. The standard InChI is InChI=1S/C6H12INO2S/c1-8-4-2-6(3-5-8)9-11-10-7/h6H,2-5H2,1H3. The van der Waals surface area contributed by atoms with Gasteiger partial charge in [0.15, 0.2) is 12.3 Å². The third-order valence-corrected chi connectivity index (χ3v) is 2.71. The maximum Gasteiger partial charge on any atom is 0.169 e. The fourth-order valence-corrected chi connectivity index (χ4v) is 1.74. The van der Waals surface area contributed by atoms with Crippen LogP contribution in [0.4, 0.5) is 0 Å². The maximum atomic E-state index is 5.34. The Hall–Kier alpha value is 0.960. The summed E-state index contributed by atoms with van der Waals surface area (Å²) in [5.41, 5.74) is 0. The summed E-state index contributed by atoms with van der Waals surface area (Å²) in [6.07, 6.45) is 2.61. The Labute approximate surface area is 85.9 Å². The molecule has 0 aromatic heterocycles. The lowest BCUT2D eigenvalue weighted by Crippen LogP contribution is -2.33. The minimum Gasteiger partial charge on any atom is -0.306 e. The van der Waals surface area contributed by atoms with Crippen LogP contribution in [0.5, 0.6) is 0 Å². The van der Waals surface area contributed by atoms with Crippen molar-refractivity contribution in [1.82, 2.24) is 4.90 Å². The molecular formula is C6H12INO2S. The van der Waals surface area contributed by atoms with Gasteiger partial charge >= 0.3 is 0 Å². The number of halogens is 1. The highest BCUT2D eigenvalue weighted by atomic mass is 127. The first kappa shape index (κ1) is 10.0. The molecule has 0 amide bonds. The molecule has 0 unspecified atom stereocenters. The Kier molecular flexibility index (Phi) is 5.09. The van der Waals surface area contributed by atoms with E-state index in [4.69, 9.17) is 6.70 Å². The quantitative estimate of drug-likeness (QED) is 0.585. The number of nitrogens with zero attached hydrogens (tertiary/aromatic N) is 1. The molecule has 0 bridgehead atoms. The molecule has 5 heteroatoms. The molecule has 1 aliphatic rings. The molecule has 0 radical (unpaired) electrons. The summed E-state index contributed by atoms with van der Waals surface area (Å²) in [6, 6.07) is 0. The molecule has 1 saturated heterocycles. The monoisotopic (exact) mass is 289 g/mol. The Balaban J connectivity index is 2.07. The van der Waals surface area contributed by atoms with Gasteiger partial charge < -0.3 is 4.90 Å². The number of piperidine rings is 1. The van der Waals surface area contributed by atoms with Crippen molar-refractivity contribution >= 4 is 35.3 Å². The van der Waals surface area contributed by atoms with Crippen molar-refractivity contribution < 1.29 is 6.70 Å². The molecule has 1 aliphatic heterocycles. The van der Waals surface area contributed by atoms with Crippen LogP contribution in [0.15, 0.2) is 0 Å². The second kappa shape index (κ2) is 5.58. The first-order chi connectivity index (χ1) is 5.33. The van der Waals surface area contributed by atoms with Gasteiger partial charge in [0, 0.05) is 13.1 Å². The molecule has 1 rings (SSSR count). The number of hydrogen-bond donors (Lipinski definition) is 0. The molecule has 0 N–H and O–H groups in total. The van der Waals surface area contributed by atoms with Gasteiger partial charge in [-0.15, -0.1) is 0 Å². The average molecular weight is 289 g/mol. The van der Waals surface area contributed by atoms with Crippen LogP contribution < -0.4 is 0 Å². The van der Waals surface area contributed by atoms with Gasteiger partial charge in [0.25, 0.3) is 0 Å². The Bertz CT molecular complexity index is 106. The molecular weight excluding hydrogens is 277 g/mol. The van der Waals surface area contributed by atoms with Crippen LogP contribution in [0.25, 0.3) is 0 Å². The second-order valence-corrected chi connectivity index (χ2v) is 4.26. The highest BCUT2D eigenvalue weighted by Gasteiger charge is 2.17. The highest BCUT2D eigenvalue weighted by molar-refractivity contribution is 14.1. The number of likely N-dealkylation sites (tertiary alicyclic amines) is 1. The van der Waals surface area contributed by atoms with E-state index >= 15 is 0 Å². The minimum absolute atomic E-state index is 0.381. The van der Waals surface area contributed by atoms with E-state index in [0.717, 1.165) is 38.3 Å². The molecule has 0 spiro atoms. The number of rotatable bonds is 3. The molecule has 3 nitrogen and oxygen atoms in total. The zero-order valence-electron chi connectivity index (χ0n) is 6.46. The van der Waals surface area contributed by atoms with Gasteiger partial charge in [-0.1, -0.05) is 0 Å².